The van der Waals surface area contributed by atoms with E-state index in [-0.39, 0.29) is 10.6 Å². The molecule has 90 valence electrons. The largest absolute Gasteiger partial charge is 0.493 e. The third-order valence-corrected chi connectivity index (χ3v) is 2.41. The van der Waals surface area contributed by atoms with Crippen LogP contribution in [0.25, 0.3) is 0 Å². The fourth-order valence-corrected chi connectivity index (χ4v) is 1.48. The molecule has 0 aliphatic heterocycles. The number of nitrogens with zero attached hydrogens (tertiary/aromatic N) is 1. The summed E-state index contributed by atoms with van der Waals surface area (Å²) in [6.07, 6.45) is 6.59. The topological polar surface area (TPSA) is 52.4 Å². The molecule has 0 saturated heterocycles. The maximum absolute atomic E-state index is 10.7. The first-order valence-corrected chi connectivity index (χ1v) is 5.38. The van der Waals surface area contributed by atoms with E-state index < -0.39 is 0 Å². The van der Waals surface area contributed by atoms with Gasteiger partial charge in [0.2, 0.25) is 0 Å². The lowest BCUT2D eigenvalue weighted by Gasteiger charge is -2.09. The van der Waals surface area contributed by atoms with Gasteiger partial charge in [0.05, 0.1) is 11.5 Å². The van der Waals surface area contributed by atoms with Crippen molar-refractivity contribution in [2.24, 2.45) is 0 Å². The van der Waals surface area contributed by atoms with Crippen LogP contribution in [-0.4, -0.2) is 11.5 Å². The minimum absolute atomic E-state index is 0.124. The van der Waals surface area contributed by atoms with Crippen LogP contribution in [0.15, 0.2) is 12.1 Å². The smallest absolute Gasteiger partial charge is 0.272 e. The number of terminal acetylenes is 1. The zero-order chi connectivity index (χ0) is 12.8. The molecule has 1 rings (SSSR count). The molecular formula is C13H15NO3. The van der Waals surface area contributed by atoms with Crippen molar-refractivity contribution >= 4 is 5.69 Å². The number of hydrogen-bond acceptors (Lipinski definition) is 3. The van der Waals surface area contributed by atoms with Crippen molar-refractivity contribution in [1.82, 2.24) is 0 Å². The van der Waals surface area contributed by atoms with Gasteiger partial charge in [-0.25, -0.2) is 0 Å². The van der Waals surface area contributed by atoms with Gasteiger partial charge in [-0.2, -0.15) is 0 Å². The Morgan fingerprint density at radius 1 is 1.41 bits per heavy atom. The van der Waals surface area contributed by atoms with E-state index in [4.69, 9.17) is 11.2 Å². The summed E-state index contributed by atoms with van der Waals surface area (Å²) >= 11 is 0. The number of rotatable bonds is 5. The molecule has 0 aromatic heterocycles. The molecule has 0 saturated carbocycles. The average molecular weight is 233 g/mol. The van der Waals surface area contributed by atoms with Gasteiger partial charge >= 0.3 is 0 Å². The van der Waals surface area contributed by atoms with E-state index in [9.17, 15) is 10.1 Å². The Morgan fingerprint density at radius 2 is 2.12 bits per heavy atom. The van der Waals surface area contributed by atoms with Crippen LogP contribution in [0, 0.1) is 36.3 Å². The fourth-order valence-electron chi connectivity index (χ4n) is 1.48. The summed E-state index contributed by atoms with van der Waals surface area (Å²) in [6, 6.07) is 3.23. The molecule has 0 unspecified atom stereocenters. The van der Waals surface area contributed by atoms with Crippen molar-refractivity contribution in [3.63, 3.8) is 0 Å². The second kappa shape index (κ2) is 5.90. The SMILES string of the molecule is C#CCCCOc1cc(C)c([N+](=O)[O-])cc1C. The van der Waals surface area contributed by atoms with Crippen molar-refractivity contribution in [3.05, 3.63) is 33.4 Å². The van der Waals surface area contributed by atoms with Crippen molar-refractivity contribution in [1.29, 1.82) is 0 Å². The number of aryl methyl sites for hydroxylation is 2. The molecule has 0 bridgehead atoms. The molecule has 4 nitrogen and oxygen atoms in total. The highest BCUT2D eigenvalue weighted by molar-refractivity contribution is 5.49. The van der Waals surface area contributed by atoms with Gasteiger partial charge in [-0.15, -0.1) is 12.3 Å². The first-order valence-electron chi connectivity index (χ1n) is 5.38. The summed E-state index contributed by atoms with van der Waals surface area (Å²) in [7, 11) is 0. The Kier molecular flexibility index (Phi) is 4.53. The monoisotopic (exact) mass is 233 g/mol. The number of nitro benzene ring substituents is 1. The molecule has 17 heavy (non-hydrogen) atoms. The van der Waals surface area contributed by atoms with Crippen molar-refractivity contribution in [3.8, 4) is 18.1 Å². The summed E-state index contributed by atoms with van der Waals surface area (Å²) in [5.74, 6) is 3.22. The summed E-state index contributed by atoms with van der Waals surface area (Å²) < 4.78 is 5.54. The second-order valence-electron chi connectivity index (χ2n) is 3.82. The second-order valence-corrected chi connectivity index (χ2v) is 3.82. The van der Waals surface area contributed by atoms with Gasteiger partial charge in [0.25, 0.3) is 5.69 Å². The van der Waals surface area contributed by atoms with E-state index in [2.05, 4.69) is 5.92 Å². The van der Waals surface area contributed by atoms with Crippen LogP contribution in [0.3, 0.4) is 0 Å². The van der Waals surface area contributed by atoms with Crippen LogP contribution < -0.4 is 4.74 Å². The van der Waals surface area contributed by atoms with Crippen LogP contribution >= 0.6 is 0 Å². The van der Waals surface area contributed by atoms with Crippen LogP contribution in [0.2, 0.25) is 0 Å². The molecular weight excluding hydrogens is 218 g/mol. The van der Waals surface area contributed by atoms with Gasteiger partial charge in [-0.3, -0.25) is 10.1 Å². The van der Waals surface area contributed by atoms with E-state index in [0.29, 0.717) is 24.3 Å². The third kappa shape index (κ3) is 3.49. The minimum Gasteiger partial charge on any atom is -0.493 e. The molecule has 0 spiro atoms. The zero-order valence-electron chi connectivity index (χ0n) is 10.0. The molecule has 0 atom stereocenters. The van der Waals surface area contributed by atoms with E-state index in [1.54, 1.807) is 19.9 Å². The average Bonchev–Trinajstić information content (AvgIpc) is 2.28. The lowest BCUT2D eigenvalue weighted by atomic mass is 10.1. The van der Waals surface area contributed by atoms with Crippen LogP contribution in [0.1, 0.15) is 24.0 Å². The molecule has 1 aromatic rings. The van der Waals surface area contributed by atoms with Gasteiger partial charge in [0, 0.05) is 18.1 Å². The maximum Gasteiger partial charge on any atom is 0.272 e. The van der Waals surface area contributed by atoms with Crippen LogP contribution in [0.4, 0.5) is 5.69 Å². The van der Waals surface area contributed by atoms with E-state index in [1.807, 2.05) is 0 Å². The summed E-state index contributed by atoms with van der Waals surface area (Å²) in [5, 5.41) is 10.7. The maximum atomic E-state index is 10.7. The third-order valence-electron chi connectivity index (χ3n) is 2.41. The number of unbranched alkanes of at least 4 members (excludes halogenated alkanes) is 1. The molecule has 4 heteroatoms. The highest BCUT2D eigenvalue weighted by Crippen LogP contribution is 2.27. The molecule has 0 radical (unpaired) electrons. The van der Waals surface area contributed by atoms with Crippen LogP contribution in [0.5, 0.6) is 5.75 Å². The molecule has 0 N–H and O–H groups in total. The van der Waals surface area contributed by atoms with E-state index >= 15 is 0 Å². The first-order chi connectivity index (χ1) is 8.06. The number of benzene rings is 1. The summed E-state index contributed by atoms with van der Waals surface area (Å²) in [6.45, 7) is 4.02. The quantitative estimate of drug-likeness (QED) is 0.340. The minimum atomic E-state index is -0.384. The van der Waals surface area contributed by atoms with E-state index in [0.717, 1.165) is 12.0 Å². The van der Waals surface area contributed by atoms with Crippen molar-refractivity contribution in [2.75, 3.05) is 6.61 Å². The Morgan fingerprint density at radius 3 is 2.71 bits per heavy atom. The lowest BCUT2D eigenvalue weighted by molar-refractivity contribution is -0.385. The number of ether oxygens (including phenoxy) is 1. The Bertz CT molecular complexity index is 460. The number of nitro groups is 1. The molecule has 0 amide bonds. The van der Waals surface area contributed by atoms with Crippen molar-refractivity contribution < 1.29 is 9.66 Å². The van der Waals surface area contributed by atoms with Gasteiger partial charge in [0.1, 0.15) is 5.75 Å². The Labute approximate surface area is 101 Å². The van der Waals surface area contributed by atoms with Crippen molar-refractivity contribution in [2.45, 2.75) is 26.7 Å². The van der Waals surface area contributed by atoms with E-state index in [1.165, 1.54) is 6.07 Å². The van der Waals surface area contributed by atoms with Gasteiger partial charge in [0.15, 0.2) is 0 Å². The molecule has 0 aliphatic carbocycles. The summed E-state index contributed by atoms with van der Waals surface area (Å²) in [4.78, 5) is 10.3. The molecule has 0 fully saturated rings. The Balaban J connectivity index is 2.78. The molecule has 0 heterocycles. The highest BCUT2D eigenvalue weighted by Gasteiger charge is 2.13. The van der Waals surface area contributed by atoms with Crippen LogP contribution in [-0.2, 0) is 0 Å². The fraction of sp³-hybridized carbons (Fsp3) is 0.385. The Hall–Kier alpha value is -2.02. The van der Waals surface area contributed by atoms with Gasteiger partial charge < -0.3 is 4.74 Å². The zero-order valence-corrected chi connectivity index (χ0v) is 10.0. The standard InChI is InChI=1S/C13H15NO3/c1-4-5-6-7-17-13-9-10(2)12(14(15)16)8-11(13)3/h1,8-9H,5-7H2,2-3H3. The lowest BCUT2D eigenvalue weighted by Crippen LogP contribution is -2.00. The summed E-state index contributed by atoms with van der Waals surface area (Å²) in [5.41, 5.74) is 1.49. The van der Waals surface area contributed by atoms with Gasteiger partial charge in [-0.1, -0.05) is 0 Å². The number of hydrogen-bond donors (Lipinski definition) is 0. The molecule has 1 aromatic carbocycles. The predicted molar refractivity (Wildman–Crippen MR) is 66.1 cm³/mol. The molecule has 0 aliphatic rings. The normalized spacial score (nSPS) is 9.71. The predicted octanol–water partition coefficient (Wildman–Crippen LogP) is 3.00. The highest BCUT2D eigenvalue weighted by atomic mass is 16.6. The first kappa shape index (κ1) is 13.0. The van der Waals surface area contributed by atoms with Gasteiger partial charge in [-0.05, 0) is 31.9 Å².